The summed E-state index contributed by atoms with van der Waals surface area (Å²) in [6.07, 6.45) is 3.36. The molecule has 2 N–H and O–H groups in total. The third-order valence-electron chi connectivity index (χ3n) is 4.35. The Labute approximate surface area is 160 Å². The van der Waals surface area contributed by atoms with Gasteiger partial charge in [-0.1, -0.05) is 24.4 Å². The van der Waals surface area contributed by atoms with E-state index in [-0.39, 0.29) is 21.6 Å². The summed E-state index contributed by atoms with van der Waals surface area (Å²) in [7, 11) is -3.89. The fourth-order valence-corrected chi connectivity index (χ4v) is 4.45. The molecule has 2 aromatic rings. The van der Waals surface area contributed by atoms with Crippen molar-refractivity contribution in [3.05, 3.63) is 58.6 Å². The third-order valence-corrected chi connectivity index (χ3v) is 6.10. The number of amides is 1. The molecule has 27 heavy (non-hydrogen) atoms. The number of rotatable bonds is 5. The number of anilines is 1. The molecular formula is C18H17ClF2N2O3S. The summed E-state index contributed by atoms with van der Waals surface area (Å²) in [5, 5.41) is 2.36. The van der Waals surface area contributed by atoms with Gasteiger partial charge in [0, 0.05) is 11.1 Å². The lowest BCUT2D eigenvalue weighted by molar-refractivity contribution is 0.102. The maximum atomic E-state index is 14.1. The molecule has 0 unspecified atom stereocenters. The van der Waals surface area contributed by atoms with Crippen molar-refractivity contribution in [2.24, 2.45) is 0 Å². The average Bonchev–Trinajstić information content (AvgIpc) is 3.09. The van der Waals surface area contributed by atoms with Crippen LogP contribution in [-0.2, 0) is 10.0 Å². The van der Waals surface area contributed by atoms with Gasteiger partial charge in [-0.3, -0.25) is 4.79 Å². The van der Waals surface area contributed by atoms with Crippen LogP contribution in [0.15, 0.2) is 41.3 Å². The maximum absolute atomic E-state index is 14.1. The largest absolute Gasteiger partial charge is 0.319 e. The second kappa shape index (κ2) is 7.92. The van der Waals surface area contributed by atoms with E-state index in [0.717, 1.165) is 49.9 Å². The van der Waals surface area contributed by atoms with Crippen LogP contribution >= 0.6 is 11.6 Å². The second-order valence-electron chi connectivity index (χ2n) is 6.32. The van der Waals surface area contributed by atoms with Crippen LogP contribution in [0, 0.1) is 11.6 Å². The van der Waals surface area contributed by atoms with Gasteiger partial charge in [-0.05, 0) is 49.2 Å². The Bertz CT molecular complexity index is 977. The minimum Gasteiger partial charge on any atom is -0.319 e. The standard InChI is InChI=1S/C18H17ClF2N2O3S/c19-11-5-8-17(16(21)9-11)22-18(24)14-10-13(6-7-15(14)20)27(25,26)23-12-3-1-2-4-12/h5-10,12,23H,1-4H2,(H,22,24). The van der Waals surface area contributed by atoms with Crippen molar-refractivity contribution in [1.29, 1.82) is 0 Å². The SMILES string of the molecule is O=C(Nc1ccc(Cl)cc1F)c1cc(S(=O)(=O)NC2CCCC2)ccc1F. The molecule has 1 aliphatic rings. The fraction of sp³-hybridized carbons (Fsp3) is 0.278. The van der Waals surface area contributed by atoms with E-state index in [9.17, 15) is 22.0 Å². The number of nitrogens with one attached hydrogen (secondary N) is 2. The Hall–Kier alpha value is -2.03. The third kappa shape index (κ3) is 4.63. The summed E-state index contributed by atoms with van der Waals surface area (Å²) >= 11 is 5.65. The molecule has 1 saturated carbocycles. The lowest BCUT2D eigenvalue weighted by Crippen LogP contribution is -2.32. The van der Waals surface area contributed by atoms with Gasteiger partial charge in [-0.15, -0.1) is 0 Å². The first-order chi connectivity index (χ1) is 12.8. The van der Waals surface area contributed by atoms with E-state index < -0.39 is 33.1 Å². The number of benzene rings is 2. The van der Waals surface area contributed by atoms with Gasteiger partial charge >= 0.3 is 0 Å². The van der Waals surface area contributed by atoms with Crippen molar-refractivity contribution in [3.8, 4) is 0 Å². The van der Waals surface area contributed by atoms with Gasteiger partial charge in [-0.25, -0.2) is 21.9 Å². The normalized spacial score (nSPS) is 15.1. The lowest BCUT2D eigenvalue weighted by atomic mass is 10.2. The number of hydrogen-bond acceptors (Lipinski definition) is 3. The van der Waals surface area contributed by atoms with E-state index in [2.05, 4.69) is 10.0 Å². The molecule has 0 atom stereocenters. The van der Waals surface area contributed by atoms with Crippen LogP contribution in [0.1, 0.15) is 36.0 Å². The molecule has 144 valence electrons. The van der Waals surface area contributed by atoms with Crippen LogP contribution in [-0.4, -0.2) is 20.4 Å². The Morgan fingerprint density at radius 2 is 1.74 bits per heavy atom. The Balaban J connectivity index is 1.85. The molecule has 1 amide bonds. The highest BCUT2D eigenvalue weighted by Gasteiger charge is 2.25. The number of sulfonamides is 1. The van der Waals surface area contributed by atoms with Crippen molar-refractivity contribution in [2.75, 3.05) is 5.32 Å². The van der Waals surface area contributed by atoms with E-state index in [0.29, 0.717) is 0 Å². The summed E-state index contributed by atoms with van der Waals surface area (Å²) in [6, 6.07) is 6.36. The fourth-order valence-electron chi connectivity index (χ4n) is 2.96. The first kappa shape index (κ1) is 19.7. The van der Waals surface area contributed by atoms with Gasteiger partial charge in [-0.2, -0.15) is 0 Å². The number of carbonyl (C=O) groups excluding carboxylic acids is 1. The average molecular weight is 415 g/mol. The minimum atomic E-state index is -3.89. The van der Waals surface area contributed by atoms with Crippen LogP contribution in [0.2, 0.25) is 5.02 Å². The topological polar surface area (TPSA) is 75.3 Å². The molecule has 3 rings (SSSR count). The summed E-state index contributed by atoms with van der Waals surface area (Å²) in [6.45, 7) is 0. The quantitative estimate of drug-likeness (QED) is 0.773. The van der Waals surface area contributed by atoms with Gasteiger partial charge in [0.05, 0.1) is 16.1 Å². The molecule has 0 spiro atoms. The van der Waals surface area contributed by atoms with Crippen LogP contribution in [0.3, 0.4) is 0 Å². The molecule has 0 bridgehead atoms. The van der Waals surface area contributed by atoms with Gasteiger partial charge in [0.15, 0.2) is 0 Å². The molecule has 9 heteroatoms. The van der Waals surface area contributed by atoms with Crippen LogP contribution in [0.25, 0.3) is 0 Å². The Morgan fingerprint density at radius 1 is 1.04 bits per heavy atom. The van der Waals surface area contributed by atoms with E-state index in [1.54, 1.807) is 0 Å². The minimum absolute atomic E-state index is 0.141. The van der Waals surface area contributed by atoms with Crippen LogP contribution in [0.5, 0.6) is 0 Å². The zero-order chi connectivity index (χ0) is 19.6. The molecule has 0 radical (unpaired) electrons. The molecular weight excluding hydrogens is 398 g/mol. The highest BCUT2D eigenvalue weighted by atomic mass is 35.5. The lowest BCUT2D eigenvalue weighted by Gasteiger charge is -2.14. The van der Waals surface area contributed by atoms with Gasteiger partial charge in [0.2, 0.25) is 10.0 Å². The van der Waals surface area contributed by atoms with Crippen molar-refractivity contribution < 1.29 is 22.0 Å². The number of hydrogen-bond donors (Lipinski definition) is 2. The summed E-state index contributed by atoms with van der Waals surface area (Å²) in [4.78, 5) is 12.1. The molecule has 2 aromatic carbocycles. The highest BCUT2D eigenvalue weighted by Crippen LogP contribution is 2.23. The Morgan fingerprint density at radius 3 is 2.41 bits per heavy atom. The smallest absolute Gasteiger partial charge is 0.258 e. The van der Waals surface area contributed by atoms with E-state index in [1.165, 1.54) is 12.1 Å². The van der Waals surface area contributed by atoms with Gasteiger partial charge in [0.25, 0.3) is 5.91 Å². The highest BCUT2D eigenvalue weighted by molar-refractivity contribution is 7.89. The first-order valence-corrected chi connectivity index (χ1v) is 10.2. The van der Waals surface area contributed by atoms with Crippen LogP contribution < -0.4 is 10.0 Å². The van der Waals surface area contributed by atoms with Crippen molar-refractivity contribution in [3.63, 3.8) is 0 Å². The molecule has 0 aliphatic heterocycles. The van der Waals surface area contributed by atoms with Crippen LogP contribution in [0.4, 0.5) is 14.5 Å². The zero-order valence-corrected chi connectivity index (χ0v) is 15.7. The van der Waals surface area contributed by atoms with E-state index >= 15 is 0 Å². The molecule has 5 nitrogen and oxygen atoms in total. The summed E-state index contributed by atoms with van der Waals surface area (Å²) in [5.74, 6) is -2.67. The predicted molar refractivity (Wildman–Crippen MR) is 98.3 cm³/mol. The summed E-state index contributed by atoms with van der Waals surface area (Å²) in [5.41, 5.74) is -0.695. The van der Waals surface area contributed by atoms with Crippen molar-refractivity contribution in [2.45, 2.75) is 36.6 Å². The molecule has 1 aliphatic carbocycles. The first-order valence-electron chi connectivity index (χ1n) is 8.34. The Kier molecular flexibility index (Phi) is 5.78. The molecule has 0 aromatic heterocycles. The number of carbonyl (C=O) groups is 1. The van der Waals surface area contributed by atoms with Crippen molar-refractivity contribution >= 4 is 33.2 Å². The molecule has 1 fully saturated rings. The van der Waals surface area contributed by atoms with E-state index in [1.807, 2.05) is 0 Å². The van der Waals surface area contributed by atoms with Gasteiger partial charge in [0.1, 0.15) is 11.6 Å². The van der Waals surface area contributed by atoms with E-state index in [4.69, 9.17) is 11.6 Å². The second-order valence-corrected chi connectivity index (χ2v) is 8.47. The maximum Gasteiger partial charge on any atom is 0.258 e. The monoisotopic (exact) mass is 414 g/mol. The number of halogens is 3. The summed E-state index contributed by atoms with van der Waals surface area (Å²) < 4.78 is 55.4. The van der Waals surface area contributed by atoms with Gasteiger partial charge < -0.3 is 5.32 Å². The molecule has 0 heterocycles. The molecule has 0 saturated heterocycles. The zero-order valence-electron chi connectivity index (χ0n) is 14.1. The predicted octanol–water partition coefficient (Wildman–Crippen LogP) is 4.09. The van der Waals surface area contributed by atoms with Crippen molar-refractivity contribution in [1.82, 2.24) is 4.72 Å².